The van der Waals surface area contributed by atoms with Crippen LogP contribution in [0, 0.1) is 5.92 Å². The van der Waals surface area contributed by atoms with Gasteiger partial charge in [0.2, 0.25) is 5.91 Å². The van der Waals surface area contributed by atoms with Gasteiger partial charge in [0.1, 0.15) is 0 Å². The third-order valence-corrected chi connectivity index (χ3v) is 2.93. The van der Waals surface area contributed by atoms with Crippen molar-refractivity contribution in [1.82, 2.24) is 5.32 Å². The number of hydrogen-bond acceptors (Lipinski definition) is 2. The molecule has 1 atom stereocenters. The lowest BCUT2D eigenvalue weighted by molar-refractivity contribution is -0.126. The smallest absolute Gasteiger partial charge is 0.225 e. The number of hydrogen-bond donors (Lipinski definition) is 2. The van der Waals surface area contributed by atoms with Crippen molar-refractivity contribution in [3.05, 3.63) is 34.3 Å². The van der Waals surface area contributed by atoms with Crippen LogP contribution < -0.4 is 5.32 Å². The number of rotatable bonds is 5. The van der Waals surface area contributed by atoms with Gasteiger partial charge in [-0.05, 0) is 24.1 Å². The number of carbonyl (C=O) groups is 1. The van der Waals surface area contributed by atoms with Crippen LogP contribution in [0.3, 0.4) is 0 Å². The van der Waals surface area contributed by atoms with Gasteiger partial charge in [0, 0.05) is 11.0 Å². The molecule has 1 rings (SSSR count). The van der Waals surface area contributed by atoms with E-state index in [-0.39, 0.29) is 18.4 Å². The van der Waals surface area contributed by atoms with Crippen molar-refractivity contribution in [2.24, 2.45) is 5.92 Å². The fourth-order valence-corrected chi connectivity index (χ4v) is 1.82. The zero-order chi connectivity index (χ0) is 12.0. The van der Waals surface area contributed by atoms with Gasteiger partial charge in [0.15, 0.2) is 0 Å². The Morgan fingerprint density at radius 3 is 2.88 bits per heavy atom. The van der Waals surface area contributed by atoms with Crippen LogP contribution in [0.4, 0.5) is 0 Å². The summed E-state index contributed by atoms with van der Waals surface area (Å²) in [6, 6.07) is 7.77. The van der Waals surface area contributed by atoms with Crippen molar-refractivity contribution in [1.29, 1.82) is 0 Å². The Morgan fingerprint density at radius 1 is 1.56 bits per heavy atom. The SMILES string of the molecule is CCC(CO)C(=O)NCc1cccc(Br)c1. The normalized spacial score (nSPS) is 12.2. The van der Waals surface area contributed by atoms with Gasteiger partial charge in [-0.3, -0.25) is 4.79 Å². The van der Waals surface area contributed by atoms with Gasteiger partial charge >= 0.3 is 0 Å². The van der Waals surface area contributed by atoms with Crippen molar-refractivity contribution in [3.63, 3.8) is 0 Å². The predicted molar refractivity (Wildman–Crippen MR) is 66.9 cm³/mol. The lowest BCUT2D eigenvalue weighted by Crippen LogP contribution is -2.31. The molecule has 16 heavy (non-hydrogen) atoms. The molecule has 1 unspecified atom stereocenters. The van der Waals surface area contributed by atoms with Gasteiger partial charge in [0.25, 0.3) is 0 Å². The molecule has 0 saturated carbocycles. The minimum Gasteiger partial charge on any atom is -0.396 e. The molecule has 0 fully saturated rings. The van der Waals surface area contributed by atoms with Crippen molar-refractivity contribution >= 4 is 21.8 Å². The van der Waals surface area contributed by atoms with Crippen molar-refractivity contribution < 1.29 is 9.90 Å². The average Bonchev–Trinajstić information content (AvgIpc) is 2.28. The first-order valence-electron chi connectivity index (χ1n) is 5.30. The summed E-state index contributed by atoms with van der Waals surface area (Å²) in [5.74, 6) is -0.392. The van der Waals surface area contributed by atoms with Gasteiger partial charge < -0.3 is 10.4 Å². The van der Waals surface area contributed by atoms with E-state index in [1.807, 2.05) is 31.2 Å². The summed E-state index contributed by atoms with van der Waals surface area (Å²) in [4.78, 5) is 11.6. The second-order valence-corrected chi connectivity index (χ2v) is 4.55. The second-order valence-electron chi connectivity index (χ2n) is 3.64. The maximum Gasteiger partial charge on any atom is 0.225 e. The van der Waals surface area contributed by atoms with Crippen LogP contribution >= 0.6 is 15.9 Å². The van der Waals surface area contributed by atoms with Crippen LogP contribution in [0.5, 0.6) is 0 Å². The monoisotopic (exact) mass is 285 g/mol. The van der Waals surface area contributed by atoms with Crippen LogP contribution in [0.25, 0.3) is 0 Å². The molecule has 0 radical (unpaired) electrons. The van der Waals surface area contributed by atoms with E-state index >= 15 is 0 Å². The molecule has 0 aliphatic carbocycles. The van der Waals surface area contributed by atoms with Crippen molar-refractivity contribution in [2.75, 3.05) is 6.61 Å². The largest absolute Gasteiger partial charge is 0.396 e. The number of benzene rings is 1. The van der Waals surface area contributed by atoms with E-state index in [1.54, 1.807) is 0 Å². The van der Waals surface area contributed by atoms with E-state index in [2.05, 4.69) is 21.2 Å². The topological polar surface area (TPSA) is 49.3 Å². The minimum atomic E-state index is -0.299. The summed E-state index contributed by atoms with van der Waals surface area (Å²) in [6.07, 6.45) is 0.654. The molecular weight excluding hydrogens is 270 g/mol. The number of carbonyl (C=O) groups excluding carboxylic acids is 1. The highest BCUT2D eigenvalue weighted by Gasteiger charge is 2.14. The first kappa shape index (κ1) is 13.2. The predicted octanol–water partition coefficient (Wildman–Crippen LogP) is 2.08. The van der Waals surface area contributed by atoms with E-state index in [9.17, 15) is 4.79 Å². The van der Waals surface area contributed by atoms with E-state index in [0.717, 1.165) is 10.0 Å². The Bertz CT molecular complexity index is 351. The molecular formula is C12H16BrNO2. The van der Waals surface area contributed by atoms with E-state index < -0.39 is 0 Å². The van der Waals surface area contributed by atoms with Crippen LogP contribution in [0.15, 0.2) is 28.7 Å². The lowest BCUT2D eigenvalue weighted by atomic mass is 10.1. The molecule has 2 N–H and O–H groups in total. The fraction of sp³-hybridized carbons (Fsp3) is 0.417. The van der Waals surface area contributed by atoms with Crippen LogP contribution in [0.1, 0.15) is 18.9 Å². The lowest BCUT2D eigenvalue weighted by Gasteiger charge is -2.12. The maximum atomic E-state index is 11.6. The molecule has 1 aromatic carbocycles. The third kappa shape index (κ3) is 3.94. The van der Waals surface area contributed by atoms with Gasteiger partial charge in [-0.25, -0.2) is 0 Å². The zero-order valence-corrected chi connectivity index (χ0v) is 10.8. The minimum absolute atomic E-state index is 0.0926. The Kier molecular flexibility index (Phi) is 5.49. The number of amides is 1. The Labute approximate surface area is 104 Å². The molecule has 0 aliphatic rings. The second kappa shape index (κ2) is 6.66. The highest BCUT2D eigenvalue weighted by molar-refractivity contribution is 9.10. The van der Waals surface area contributed by atoms with Crippen LogP contribution in [0.2, 0.25) is 0 Å². The highest BCUT2D eigenvalue weighted by atomic mass is 79.9. The molecule has 0 bridgehead atoms. The molecule has 1 aromatic rings. The molecule has 0 saturated heterocycles. The van der Waals surface area contributed by atoms with Crippen LogP contribution in [-0.4, -0.2) is 17.6 Å². The molecule has 0 aliphatic heterocycles. The fourth-order valence-electron chi connectivity index (χ4n) is 1.38. The standard InChI is InChI=1S/C12H16BrNO2/c1-2-10(8-15)12(16)14-7-9-4-3-5-11(13)6-9/h3-6,10,15H,2,7-8H2,1H3,(H,14,16). The van der Waals surface area contributed by atoms with Gasteiger partial charge in [0.05, 0.1) is 12.5 Å². The first-order valence-corrected chi connectivity index (χ1v) is 6.09. The maximum absolute atomic E-state index is 11.6. The summed E-state index contributed by atoms with van der Waals surface area (Å²) in [5, 5.41) is 11.8. The summed E-state index contributed by atoms with van der Waals surface area (Å²) in [7, 11) is 0. The van der Waals surface area contributed by atoms with Crippen LogP contribution in [-0.2, 0) is 11.3 Å². The highest BCUT2D eigenvalue weighted by Crippen LogP contribution is 2.11. The van der Waals surface area contributed by atoms with Gasteiger partial charge in [-0.2, -0.15) is 0 Å². The molecule has 0 spiro atoms. The molecule has 0 heterocycles. The van der Waals surface area contributed by atoms with Crippen molar-refractivity contribution in [3.8, 4) is 0 Å². The number of aliphatic hydroxyl groups is 1. The third-order valence-electron chi connectivity index (χ3n) is 2.44. The molecule has 0 aromatic heterocycles. The van der Waals surface area contributed by atoms with E-state index in [0.29, 0.717) is 13.0 Å². The summed E-state index contributed by atoms with van der Waals surface area (Å²) < 4.78 is 0.994. The first-order chi connectivity index (χ1) is 7.67. The average molecular weight is 286 g/mol. The van der Waals surface area contributed by atoms with E-state index in [1.165, 1.54) is 0 Å². The van der Waals surface area contributed by atoms with Crippen molar-refractivity contribution in [2.45, 2.75) is 19.9 Å². The summed E-state index contributed by atoms with van der Waals surface area (Å²) in [6.45, 7) is 2.29. The number of nitrogens with one attached hydrogen (secondary N) is 1. The summed E-state index contributed by atoms with van der Waals surface area (Å²) in [5.41, 5.74) is 1.04. The van der Waals surface area contributed by atoms with E-state index in [4.69, 9.17) is 5.11 Å². The molecule has 4 heteroatoms. The Hall–Kier alpha value is -0.870. The summed E-state index contributed by atoms with van der Waals surface area (Å²) >= 11 is 3.37. The van der Waals surface area contributed by atoms with Gasteiger partial charge in [-0.15, -0.1) is 0 Å². The quantitative estimate of drug-likeness (QED) is 0.870. The van der Waals surface area contributed by atoms with Gasteiger partial charge in [-0.1, -0.05) is 35.0 Å². The number of halogens is 1. The Morgan fingerprint density at radius 2 is 2.31 bits per heavy atom. The molecule has 1 amide bonds. The molecule has 88 valence electrons. The Balaban J connectivity index is 2.48. The zero-order valence-electron chi connectivity index (χ0n) is 9.24. The molecule has 3 nitrogen and oxygen atoms in total. The number of aliphatic hydroxyl groups excluding tert-OH is 1.